The number of ether oxygens (including phenoxy) is 1. The van der Waals surface area contributed by atoms with E-state index in [2.05, 4.69) is 5.32 Å². The predicted molar refractivity (Wildman–Crippen MR) is 76.0 cm³/mol. The lowest BCUT2D eigenvalue weighted by Gasteiger charge is -2.13. The number of para-hydroxylation sites is 1. The molecule has 0 bridgehead atoms. The number of amides is 1. The van der Waals surface area contributed by atoms with E-state index in [9.17, 15) is 9.59 Å². The summed E-state index contributed by atoms with van der Waals surface area (Å²) in [5, 5.41) is 11.3. The number of hydrogen-bond acceptors (Lipinski definition) is 3. The second-order valence-corrected chi connectivity index (χ2v) is 4.77. The van der Waals surface area contributed by atoms with E-state index in [4.69, 9.17) is 9.84 Å². The Morgan fingerprint density at radius 3 is 2.60 bits per heavy atom. The summed E-state index contributed by atoms with van der Waals surface area (Å²) in [4.78, 5) is 22.4. The smallest absolute Gasteiger partial charge is 0.303 e. The van der Waals surface area contributed by atoms with Gasteiger partial charge in [0.2, 0.25) is 0 Å². The van der Waals surface area contributed by atoms with Crippen LogP contribution in [0.1, 0.15) is 43.5 Å². The molecular weight excluding hydrogens is 258 g/mol. The Hall–Kier alpha value is -2.04. The van der Waals surface area contributed by atoms with Gasteiger partial charge in [-0.1, -0.05) is 12.1 Å². The first-order valence-electron chi connectivity index (χ1n) is 6.76. The van der Waals surface area contributed by atoms with Gasteiger partial charge in [-0.3, -0.25) is 9.59 Å². The van der Waals surface area contributed by atoms with E-state index < -0.39 is 5.97 Å². The third-order valence-corrected chi connectivity index (χ3v) is 2.60. The number of rotatable bonds is 8. The summed E-state index contributed by atoms with van der Waals surface area (Å²) in [6, 6.07) is 7.08. The maximum Gasteiger partial charge on any atom is 0.303 e. The molecule has 0 heterocycles. The van der Waals surface area contributed by atoms with E-state index in [1.165, 1.54) is 0 Å². The van der Waals surface area contributed by atoms with Crippen LogP contribution < -0.4 is 10.1 Å². The molecule has 110 valence electrons. The van der Waals surface area contributed by atoms with Gasteiger partial charge < -0.3 is 15.2 Å². The average molecular weight is 279 g/mol. The van der Waals surface area contributed by atoms with Crippen molar-refractivity contribution in [3.63, 3.8) is 0 Å². The standard InChI is InChI=1S/C15H21NO4/c1-11(2)20-13-8-4-3-7-12(13)15(19)16-10-6-5-9-14(17)18/h3-4,7-8,11H,5-6,9-10H2,1-2H3,(H,16,19)(H,17,18). The molecular formula is C15H21NO4. The van der Waals surface area contributed by atoms with Gasteiger partial charge in [0.1, 0.15) is 5.75 Å². The van der Waals surface area contributed by atoms with Gasteiger partial charge in [0, 0.05) is 13.0 Å². The lowest BCUT2D eigenvalue weighted by Crippen LogP contribution is -2.25. The Labute approximate surface area is 118 Å². The molecule has 0 saturated heterocycles. The highest BCUT2D eigenvalue weighted by Crippen LogP contribution is 2.19. The number of carboxylic acids is 1. The first-order valence-corrected chi connectivity index (χ1v) is 6.76. The van der Waals surface area contributed by atoms with Gasteiger partial charge in [-0.05, 0) is 38.8 Å². The molecule has 0 radical (unpaired) electrons. The fourth-order valence-electron chi connectivity index (χ4n) is 1.71. The lowest BCUT2D eigenvalue weighted by molar-refractivity contribution is -0.137. The van der Waals surface area contributed by atoms with Gasteiger partial charge in [-0.2, -0.15) is 0 Å². The molecule has 0 fully saturated rings. The topological polar surface area (TPSA) is 75.6 Å². The van der Waals surface area contributed by atoms with Gasteiger partial charge in [-0.15, -0.1) is 0 Å². The van der Waals surface area contributed by atoms with Crippen LogP contribution in [0.15, 0.2) is 24.3 Å². The number of carboxylic acid groups (broad SMARTS) is 1. The molecule has 5 heteroatoms. The van der Waals surface area contributed by atoms with Crippen LogP contribution in [-0.2, 0) is 4.79 Å². The Morgan fingerprint density at radius 2 is 1.95 bits per heavy atom. The lowest BCUT2D eigenvalue weighted by atomic mass is 10.1. The Kier molecular flexibility index (Phi) is 6.56. The minimum atomic E-state index is -0.813. The van der Waals surface area contributed by atoms with E-state index in [-0.39, 0.29) is 18.4 Å². The quantitative estimate of drug-likeness (QED) is 0.717. The molecule has 1 aromatic carbocycles. The van der Waals surface area contributed by atoms with Crippen molar-refractivity contribution in [2.45, 2.75) is 39.2 Å². The van der Waals surface area contributed by atoms with Crippen LogP contribution >= 0.6 is 0 Å². The molecule has 0 aliphatic rings. The molecule has 2 N–H and O–H groups in total. The summed E-state index contributed by atoms with van der Waals surface area (Å²) in [6.45, 7) is 4.27. The van der Waals surface area contributed by atoms with Gasteiger partial charge in [-0.25, -0.2) is 0 Å². The predicted octanol–water partition coefficient (Wildman–Crippen LogP) is 2.46. The molecule has 0 spiro atoms. The van der Waals surface area contributed by atoms with E-state index >= 15 is 0 Å². The molecule has 0 atom stereocenters. The second-order valence-electron chi connectivity index (χ2n) is 4.77. The van der Waals surface area contributed by atoms with E-state index in [1.807, 2.05) is 19.9 Å². The molecule has 20 heavy (non-hydrogen) atoms. The van der Waals surface area contributed by atoms with E-state index in [1.54, 1.807) is 18.2 Å². The minimum Gasteiger partial charge on any atom is -0.490 e. The van der Waals surface area contributed by atoms with Crippen LogP contribution in [-0.4, -0.2) is 29.6 Å². The molecule has 5 nitrogen and oxygen atoms in total. The Balaban J connectivity index is 2.48. The third-order valence-electron chi connectivity index (χ3n) is 2.60. The zero-order valence-corrected chi connectivity index (χ0v) is 11.9. The summed E-state index contributed by atoms with van der Waals surface area (Å²) in [5.41, 5.74) is 0.499. The highest BCUT2D eigenvalue weighted by Gasteiger charge is 2.12. The number of benzene rings is 1. The molecule has 1 aromatic rings. The first kappa shape index (κ1) is 16.0. The zero-order chi connectivity index (χ0) is 15.0. The fraction of sp³-hybridized carbons (Fsp3) is 0.467. The largest absolute Gasteiger partial charge is 0.490 e. The van der Waals surface area contributed by atoms with Gasteiger partial charge in [0.25, 0.3) is 5.91 Å². The van der Waals surface area contributed by atoms with Crippen LogP contribution in [0.25, 0.3) is 0 Å². The molecule has 0 unspecified atom stereocenters. The second kappa shape index (κ2) is 8.19. The van der Waals surface area contributed by atoms with Crippen LogP contribution in [0.3, 0.4) is 0 Å². The highest BCUT2D eigenvalue weighted by atomic mass is 16.5. The maximum atomic E-state index is 12.0. The molecule has 0 aliphatic carbocycles. The van der Waals surface area contributed by atoms with Crippen molar-refractivity contribution in [3.05, 3.63) is 29.8 Å². The number of hydrogen-bond donors (Lipinski definition) is 2. The molecule has 0 saturated carbocycles. The van der Waals surface area contributed by atoms with Crippen LogP contribution in [0.2, 0.25) is 0 Å². The van der Waals surface area contributed by atoms with Gasteiger partial charge in [0.15, 0.2) is 0 Å². The Morgan fingerprint density at radius 1 is 1.25 bits per heavy atom. The number of carbonyl (C=O) groups is 2. The minimum absolute atomic E-state index is 0.000448. The molecule has 0 aromatic heterocycles. The normalized spacial score (nSPS) is 10.3. The van der Waals surface area contributed by atoms with Crippen molar-refractivity contribution in [2.24, 2.45) is 0 Å². The first-order chi connectivity index (χ1) is 9.50. The summed E-state index contributed by atoms with van der Waals surface area (Å²) >= 11 is 0. The summed E-state index contributed by atoms with van der Waals surface area (Å²) in [7, 11) is 0. The fourth-order valence-corrected chi connectivity index (χ4v) is 1.71. The zero-order valence-electron chi connectivity index (χ0n) is 11.9. The van der Waals surface area contributed by atoms with Crippen LogP contribution in [0, 0.1) is 0 Å². The van der Waals surface area contributed by atoms with Crippen molar-refractivity contribution in [1.29, 1.82) is 0 Å². The Bertz CT molecular complexity index is 457. The third kappa shape index (κ3) is 5.73. The van der Waals surface area contributed by atoms with Crippen LogP contribution in [0.5, 0.6) is 5.75 Å². The van der Waals surface area contributed by atoms with Crippen molar-refractivity contribution in [2.75, 3.05) is 6.54 Å². The van der Waals surface area contributed by atoms with E-state index in [0.29, 0.717) is 30.7 Å². The molecule has 1 amide bonds. The number of nitrogens with one attached hydrogen (secondary N) is 1. The summed E-state index contributed by atoms with van der Waals surface area (Å²) in [6.07, 6.45) is 1.33. The van der Waals surface area contributed by atoms with Gasteiger partial charge >= 0.3 is 5.97 Å². The van der Waals surface area contributed by atoms with Crippen molar-refractivity contribution in [1.82, 2.24) is 5.32 Å². The monoisotopic (exact) mass is 279 g/mol. The number of carbonyl (C=O) groups excluding carboxylic acids is 1. The van der Waals surface area contributed by atoms with Gasteiger partial charge in [0.05, 0.1) is 11.7 Å². The highest BCUT2D eigenvalue weighted by molar-refractivity contribution is 5.96. The number of unbranched alkanes of at least 4 members (excludes halogenated alkanes) is 1. The van der Waals surface area contributed by atoms with Crippen molar-refractivity contribution < 1.29 is 19.4 Å². The van der Waals surface area contributed by atoms with Crippen molar-refractivity contribution in [3.8, 4) is 5.75 Å². The molecule has 1 rings (SSSR count). The summed E-state index contributed by atoms with van der Waals surface area (Å²) < 4.78 is 5.59. The van der Waals surface area contributed by atoms with Crippen molar-refractivity contribution >= 4 is 11.9 Å². The molecule has 0 aliphatic heterocycles. The SMILES string of the molecule is CC(C)Oc1ccccc1C(=O)NCCCCC(=O)O. The summed E-state index contributed by atoms with van der Waals surface area (Å²) in [5.74, 6) is -0.450. The van der Waals surface area contributed by atoms with Crippen LogP contribution in [0.4, 0.5) is 0 Å². The average Bonchev–Trinajstić information content (AvgIpc) is 2.37. The van der Waals surface area contributed by atoms with E-state index in [0.717, 1.165) is 0 Å². The maximum absolute atomic E-state index is 12.0. The number of aliphatic carboxylic acids is 1.